The van der Waals surface area contributed by atoms with Crippen LogP contribution >= 0.6 is 0 Å². The summed E-state index contributed by atoms with van der Waals surface area (Å²) >= 11 is 0. The maximum absolute atomic E-state index is 5.10. The molecule has 0 saturated heterocycles. The molecule has 1 aromatic rings. The lowest BCUT2D eigenvalue weighted by molar-refractivity contribution is 0.414. The van der Waals surface area contributed by atoms with Crippen molar-refractivity contribution in [1.29, 1.82) is 0 Å². The van der Waals surface area contributed by atoms with Gasteiger partial charge in [0, 0.05) is 18.7 Å². The molecule has 0 amide bonds. The first-order chi connectivity index (χ1) is 7.76. The first-order valence-corrected chi connectivity index (χ1v) is 5.41. The maximum atomic E-state index is 5.10. The molecule has 0 spiro atoms. The molecular formula is C14H19NO. The van der Waals surface area contributed by atoms with Crippen LogP contribution in [0.2, 0.25) is 0 Å². The van der Waals surface area contributed by atoms with Gasteiger partial charge in [-0.05, 0) is 24.1 Å². The summed E-state index contributed by atoms with van der Waals surface area (Å²) in [6, 6.07) is 8.12. The maximum Gasteiger partial charge on any atom is 0.118 e. The van der Waals surface area contributed by atoms with Crippen molar-refractivity contribution in [2.45, 2.75) is 12.8 Å². The van der Waals surface area contributed by atoms with Gasteiger partial charge < -0.3 is 10.1 Å². The van der Waals surface area contributed by atoms with E-state index in [0.29, 0.717) is 0 Å². The number of hydrogen-bond donors (Lipinski definition) is 1. The fourth-order valence-corrected chi connectivity index (χ4v) is 1.42. The van der Waals surface area contributed by atoms with Gasteiger partial charge in [0.2, 0.25) is 0 Å². The molecule has 16 heavy (non-hydrogen) atoms. The molecule has 0 saturated carbocycles. The van der Waals surface area contributed by atoms with Gasteiger partial charge in [0.25, 0.3) is 0 Å². The summed E-state index contributed by atoms with van der Waals surface area (Å²) in [7, 11) is 1.68. The molecule has 2 nitrogen and oxygen atoms in total. The molecule has 0 heterocycles. The van der Waals surface area contributed by atoms with E-state index in [1.54, 1.807) is 7.11 Å². The van der Waals surface area contributed by atoms with E-state index in [-0.39, 0.29) is 0 Å². The molecule has 0 aliphatic rings. The molecule has 1 aromatic carbocycles. The Balaban J connectivity index is 2.31. The first kappa shape index (κ1) is 12.4. The number of methoxy groups -OCH3 is 1. The van der Waals surface area contributed by atoms with Gasteiger partial charge in [-0.1, -0.05) is 24.8 Å². The highest BCUT2D eigenvalue weighted by Crippen LogP contribution is 2.11. The molecule has 0 bridgehead atoms. The molecule has 2 heteroatoms. The van der Waals surface area contributed by atoms with Crippen LogP contribution in [0.4, 0.5) is 0 Å². The van der Waals surface area contributed by atoms with Crippen molar-refractivity contribution in [3.63, 3.8) is 0 Å². The first-order valence-electron chi connectivity index (χ1n) is 5.41. The number of hydrogen-bond acceptors (Lipinski definition) is 2. The zero-order valence-electron chi connectivity index (χ0n) is 9.83. The Hall–Kier alpha value is -1.70. The standard InChI is InChI=1S/C14H19NO/c1-4-5-12(2)15-11-10-13-6-8-14(16-3)9-7-13/h4,6-9,15H,1-2,5,10-11H2,3H3. The van der Waals surface area contributed by atoms with Gasteiger partial charge in [-0.2, -0.15) is 0 Å². The van der Waals surface area contributed by atoms with Crippen LogP contribution in [0.3, 0.4) is 0 Å². The Morgan fingerprint density at radius 1 is 1.38 bits per heavy atom. The van der Waals surface area contributed by atoms with E-state index in [1.165, 1.54) is 5.56 Å². The van der Waals surface area contributed by atoms with E-state index in [0.717, 1.165) is 30.8 Å². The Labute approximate surface area is 97.6 Å². The molecule has 0 atom stereocenters. The van der Waals surface area contributed by atoms with Crippen LogP contribution in [-0.2, 0) is 6.42 Å². The topological polar surface area (TPSA) is 21.3 Å². The minimum atomic E-state index is 0.822. The van der Waals surface area contributed by atoms with Crippen LogP contribution in [0, 0.1) is 0 Å². The summed E-state index contributed by atoms with van der Waals surface area (Å²) in [5.41, 5.74) is 2.31. The normalized spacial score (nSPS) is 9.56. The lowest BCUT2D eigenvalue weighted by Gasteiger charge is -2.07. The molecule has 0 unspecified atom stereocenters. The quantitative estimate of drug-likeness (QED) is 0.709. The van der Waals surface area contributed by atoms with Gasteiger partial charge in [0.05, 0.1) is 7.11 Å². The molecule has 0 aromatic heterocycles. The zero-order chi connectivity index (χ0) is 11.8. The number of nitrogens with one attached hydrogen (secondary N) is 1. The van der Waals surface area contributed by atoms with Crippen molar-refractivity contribution < 1.29 is 4.74 Å². The molecule has 0 aliphatic heterocycles. The summed E-state index contributed by atoms with van der Waals surface area (Å²) in [4.78, 5) is 0. The third-order valence-electron chi connectivity index (χ3n) is 2.34. The van der Waals surface area contributed by atoms with Crippen LogP contribution in [-0.4, -0.2) is 13.7 Å². The van der Waals surface area contributed by atoms with E-state index in [2.05, 4.69) is 30.6 Å². The lowest BCUT2D eigenvalue weighted by atomic mass is 10.1. The van der Waals surface area contributed by atoms with Crippen molar-refractivity contribution in [2.24, 2.45) is 0 Å². The van der Waals surface area contributed by atoms with Crippen molar-refractivity contribution in [2.75, 3.05) is 13.7 Å². The van der Waals surface area contributed by atoms with Crippen LogP contribution in [0.1, 0.15) is 12.0 Å². The Morgan fingerprint density at radius 2 is 2.06 bits per heavy atom. The monoisotopic (exact) mass is 217 g/mol. The number of rotatable bonds is 7. The average Bonchev–Trinajstić information content (AvgIpc) is 2.30. The van der Waals surface area contributed by atoms with Crippen LogP contribution in [0.5, 0.6) is 5.75 Å². The van der Waals surface area contributed by atoms with Crippen LogP contribution in [0.15, 0.2) is 49.2 Å². The summed E-state index contributed by atoms with van der Waals surface area (Å²) in [5, 5.41) is 3.26. The van der Waals surface area contributed by atoms with E-state index in [1.807, 2.05) is 18.2 Å². The van der Waals surface area contributed by atoms with Crippen LogP contribution in [0.25, 0.3) is 0 Å². The average molecular weight is 217 g/mol. The largest absolute Gasteiger partial charge is 0.497 e. The Kier molecular flexibility index (Phi) is 5.20. The zero-order valence-corrected chi connectivity index (χ0v) is 9.83. The summed E-state index contributed by atoms with van der Waals surface area (Å²) in [6.07, 6.45) is 3.66. The SMILES string of the molecule is C=CCC(=C)NCCc1ccc(OC)cc1. The van der Waals surface area contributed by atoms with Crippen LogP contribution < -0.4 is 10.1 Å². The fraction of sp³-hybridized carbons (Fsp3) is 0.286. The van der Waals surface area contributed by atoms with Gasteiger partial charge in [-0.25, -0.2) is 0 Å². The van der Waals surface area contributed by atoms with Gasteiger partial charge in [-0.15, -0.1) is 6.58 Å². The second-order valence-electron chi connectivity index (χ2n) is 3.62. The van der Waals surface area contributed by atoms with E-state index in [4.69, 9.17) is 4.74 Å². The summed E-state index contributed by atoms with van der Waals surface area (Å²) in [6.45, 7) is 8.47. The van der Waals surface area contributed by atoms with Gasteiger partial charge in [0.15, 0.2) is 0 Å². The fourth-order valence-electron chi connectivity index (χ4n) is 1.42. The third kappa shape index (κ3) is 4.22. The molecule has 0 radical (unpaired) electrons. The molecule has 86 valence electrons. The second kappa shape index (κ2) is 6.72. The predicted molar refractivity (Wildman–Crippen MR) is 68.7 cm³/mol. The van der Waals surface area contributed by atoms with Gasteiger partial charge in [0.1, 0.15) is 5.75 Å². The Morgan fingerprint density at radius 3 is 2.62 bits per heavy atom. The third-order valence-corrected chi connectivity index (χ3v) is 2.34. The summed E-state index contributed by atoms with van der Waals surface area (Å²) in [5.74, 6) is 0.896. The number of ether oxygens (including phenoxy) is 1. The van der Waals surface area contributed by atoms with Crippen molar-refractivity contribution >= 4 is 0 Å². The van der Waals surface area contributed by atoms with Crippen molar-refractivity contribution in [1.82, 2.24) is 5.32 Å². The molecular weight excluding hydrogens is 198 g/mol. The minimum absolute atomic E-state index is 0.822. The highest BCUT2D eigenvalue weighted by atomic mass is 16.5. The molecule has 1 rings (SSSR count). The number of benzene rings is 1. The molecule has 0 fully saturated rings. The minimum Gasteiger partial charge on any atom is -0.497 e. The van der Waals surface area contributed by atoms with E-state index >= 15 is 0 Å². The smallest absolute Gasteiger partial charge is 0.118 e. The van der Waals surface area contributed by atoms with Gasteiger partial charge >= 0.3 is 0 Å². The number of allylic oxidation sites excluding steroid dienone is 1. The highest BCUT2D eigenvalue weighted by molar-refractivity contribution is 5.27. The molecule has 1 N–H and O–H groups in total. The van der Waals surface area contributed by atoms with Gasteiger partial charge in [-0.3, -0.25) is 0 Å². The molecule has 0 aliphatic carbocycles. The van der Waals surface area contributed by atoms with E-state index in [9.17, 15) is 0 Å². The van der Waals surface area contributed by atoms with Crippen molar-refractivity contribution in [3.05, 3.63) is 54.8 Å². The highest BCUT2D eigenvalue weighted by Gasteiger charge is 1.95. The lowest BCUT2D eigenvalue weighted by Crippen LogP contribution is -2.15. The van der Waals surface area contributed by atoms with E-state index < -0.39 is 0 Å². The second-order valence-corrected chi connectivity index (χ2v) is 3.62. The van der Waals surface area contributed by atoms with Crippen molar-refractivity contribution in [3.8, 4) is 5.75 Å². The predicted octanol–water partition coefficient (Wildman–Crippen LogP) is 2.92. The Bertz CT molecular complexity index is 340. The summed E-state index contributed by atoms with van der Waals surface area (Å²) < 4.78 is 5.10.